The Bertz CT molecular complexity index is 932. The van der Waals surface area contributed by atoms with Crippen molar-refractivity contribution in [1.29, 1.82) is 0 Å². The number of nitrogens with one attached hydrogen (secondary N) is 1. The van der Waals surface area contributed by atoms with Gasteiger partial charge in [0, 0.05) is 28.7 Å². The molecule has 7 nitrogen and oxygen atoms in total. The highest BCUT2D eigenvalue weighted by Crippen LogP contribution is 2.24. The SMILES string of the molecule is CCCCN(C(=O)c1cc(Cl)cc(Cl)c1)c1c(N)n(CCC)c(=O)[nH]c1=O. The molecule has 1 aromatic heterocycles. The average molecular weight is 413 g/mol. The topological polar surface area (TPSA) is 101 Å². The number of nitrogens with zero attached hydrogens (tertiary/aromatic N) is 2. The minimum absolute atomic E-state index is 0.0387. The van der Waals surface area contributed by atoms with E-state index in [1.807, 2.05) is 13.8 Å². The molecule has 0 aliphatic carbocycles. The minimum atomic E-state index is -0.706. The molecule has 3 N–H and O–H groups in total. The molecular weight excluding hydrogens is 391 g/mol. The van der Waals surface area contributed by atoms with Crippen LogP contribution in [0.3, 0.4) is 0 Å². The standard InChI is InChI=1S/C18H22Cl2N4O3/c1-3-5-7-23(17(26)11-8-12(19)10-13(20)9-11)14-15(21)24(6-4-2)18(27)22-16(14)25/h8-10H,3-7,21H2,1-2H3,(H,22,25,27). The van der Waals surface area contributed by atoms with Crippen molar-refractivity contribution in [3.8, 4) is 0 Å². The van der Waals surface area contributed by atoms with Crippen LogP contribution in [0.2, 0.25) is 10.0 Å². The summed E-state index contributed by atoms with van der Waals surface area (Å²) >= 11 is 12.0. The second-order valence-corrected chi connectivity index (χ2v) is 6.99. The molecule has 0 spiro atoms. The Labute approximate surface area is 166 Å². The lowest BCUT2D eigenvalue weighted by atomic mass is 10.1. The van der Waals surface area contributed by atoms with Crippen LogP contribution in [-0.2, 0) is 6.54 Å². The zero-order valence-corrected chi connectivity index (χ0v) is 16.7. The molecule has 1 heterocycles. The van der Waals surface area contributed by atoms with Crippen LogP contribution in [0.1, 0.15) is 43.5 Å². The number of benzene rings is 1. The quantitative estimate of drug-likeness (QED) is 0.727. The van der Waals surface area contributed by atoms with E-state index >= 15 is 0 Å². The van der Waals surface area contributed by atoms with Crippen LogP contribution in [0.15, 0.2) is 27.8 Å². The molecule has 1 aromatic carbocycles. The summed E-state index contributed by atoms with van der Waals surface area (Å²) in [4.78, 5) is 41.2. The molecule has 0 bridgehead atoms. The van der Waals surface area contributed by atoms with Crippen molar-refractivity contribution < 1.29 is 4.79 Å². The van der Waals surface area contributed by atoms with E-state index in [0.29, 0.717) is 29.4 Å². The molecule has 0 radical (unpaired) electrons. The van der Waals surface area contributed by atoms with E-state index < -0.39 is 17.2 Å². The van der Waals surface area contributed by atoms with Gasteiger partial charge in [-0.1, -0.05) is 43.5 Å². The van der Waals surface area contributed by atoms with E-state index in [2.05, 4.69) is 4.98 Å². The molecule has 0 atom stereocenters. The van der Waals surface area contributed by atoms with Crippen molar-refractivity contribution in [2.75, 3.05) is 17.2 Å². The maximum Gasteiger partial charge on any atom is 0.330 e. The molecule has 0 fully saturated rings. The van der Waals surface area contributed by atoms with E-state index in [9.17, 15) is 14.4 Å². The fourth-order valence-electron chi connectivity index (χ4n) is 2.75. The monoisotopic (exact) mass is 412 g/mol. The molecule has 0 aliphatic rings. The fourth-order valence-corrected chi connectivity index (χ4v) is 3.27. The smallest absolute Gasteiger partial charge is 0.330 e. The number of aromatic amines is 1. The Hall–Kier alpha value is -2.25. The maximum atomic E-state index is 13.1. The molecule has 2 rings (SSSR count). The van der Waals surface area contributed by atoms with Crippen LogP contribution < -0.4 is 21.9 Å². The maximum absolute atomic E-state index is 13.1. The van der Waals surface area contributed by atoms with Gasteiger partial charge in [0.05, 0.1) is 0 Å². The number of H-pyrrole nitrogens is 1. The van der Waals surface area contributed by atoms with E-state index in [1.165, 1.54) is 27.7 Å². The zero-order chi connectivity index (χ0) is 20.1. The third-order valence-corrected chi connectivity index (χ3v) is 4.46. The normalized spacial score (nSPS) is 10.8. The van der Waals surface area contributed by atoms with Gasteiger partial charge < -0.3 is 10.6 Å². The highest BCUT2D eigenvalue weighted by atomic mass is 35.5. The van der Waals surface area contributed by atoms with Crippen LogP contribution in [0, 0.1) is 0 Å². The van der Waals surface area contributed by atoms with Gasteiger partial charge in [-0.3, -0.25) is 19.1 Å². The molecule has 9 heteroatoms. The summed E-state index contributed by atoms with van der Waals surface area (Å²) in [6.45, 7) is 4.43. The summed E-state index contributed by atoms with van der Waals surface area (Å²) in [7, 11) is 0. The van der Waals surface area contributed by atoms with E-state index in [4.69, 9.17) is 28.9 Å². The van der Waals surface area contributed by atoms with Crippen molar-refractivity contribution in [2.24, 2.45) is 0 Å². The third-order valence-electron chi connectivity index (χ3n) is 4.02. The van der Waals surface area contributed by atoms with Crippen LogP contribution >= 0.6 is 23.2 Å². The van der Waals surface area contributed by atoms with E-state index in [1.54, 1.807) is 0 Å². The van der Waals surface area contributed by atoms with Gasteiger partial charge >= 0.3 is 5.69 Å². The third kappa shape index (κ3) is 4.73. The summed E-state index contributed by atoms with van der Waals surface area (Å²) in [5.74, 6) is -0.505. The number of nitrogens with two attached hydrogens (primary N) is 1. The number of rotatable bonds is 7. The Kier molecular flexibility index (Phi) is 7.10. The van der Waals surface area contributed by atoms with Crippen LogP contribution in [0.4, 0.5) is 11.5 Å². The Morgan fingerprint density at radius 1 is 1.15 bits per heavy atom. The van der Waals surface area contributed by atoms with Crippen LogP contribution in [0.5, 0.6) is 0 Å². The van der Waals surface area contributed by atoms with E-state index in [-0.39, 0.29) is 23.6 Å². The number of carbonyl (C=O) groups is 1. The highest BCUT2D eigenvalue weighted by molar-refractivity contribution is 6.35. The summed E-state index contributed by atoms with van der Waals surface area (Å²) < 4.78 is 1.26. The lowest BCUT2D eigenvalue weighted by Crippen LogP contribution is -2.41. The molecule has 146 valence electrons. The first kappa shape index (κ1) is 21.1. The first-order chi connectivity index (χ1) is 12.8. The second-order valence-electron chi connectivity index (χ2n) is 6.11. The lowest BCUT2D eigenvalue weighted by Gasteiger charge is -2.24. The van der Waals surface area contributed by atoms with Gasteiger partial charge in [-0.25, -0.2) is 4.79 Å². The average Bonchev–Trinajstić information content (AvgIpc) is 2.59. The summed E-state index contributed by atoms with van der Waals surface area (Å²) in [6.07, 6.45) is 2.08. The summed E-state index contributed by atoms with van der Waals surface area (Å²) in [5, 5.41) is 0.609. The van der Waals surface area contributed by atoms with Crippen molar-refractivity contribution >= 4 is 40.6 Å². The predicted octanol–water partition coefficient (Wildman–Crippen LogP) is 3.28. The largest absolute Gasteiger partial charge is 0.383 e. The molecule has 1 amide bonds. The first-order valence-corrected chi connectivity index (χ1v) is 9.46. The van der Waals surface area contributed by atoms with Gasteiger partial charge in [-0.05, 0) is 31.0 Å². The molecule has 0 unspecified atom stereocenters. The summed E-state index contributed by atoms with van der Waals surface area (Å²) in [5.41, 5.74) is 5.00. The highest BCUT2D eigenvalue weighted by Gasteiger charge is 2.25. The van der Waals surface area contributed by atoms with Crippen molar-refractivity contribution in [1.82, 2.24) is 9.55 Å². The number of anilines is 2. The number of nitrogen functional groups attached to an aromatic ring is 1. The van der Waals surface area contributed by atoms with Crippen LogP contribution in [-0.4, -0.2) is 22.0 Å². The van der Waals surface area contributed by atoms with Gasteiger partial charge in [0.25, 0.3) is 11.5 Å². The van der Waals surface area contributed by atoms with Gasteiger partial charge in [-0.2, -0.15) is 0 Å². The first-order valence-electron chi connectivity index (χ1n) is 8.70. The summed E-state index contributed by atoms with van der Waals surface area (Å²) in [6, 6.07) is 4.46. The van der Waals surface area contributed by atoms with Gasteiger partial charge in [-0.15, -0.1) is 0 Å². The van der Waals surface area contributed by atoms with Crippen LogP contribution in [0.25, 0.3) is 0 Å². The van der Waals surface area contributed by atoms with E-state index in [0.717, 1.165) is 6.42 Å². The van der Waals surface area contributed by atoms with Gasteiger partial charge in [0.1, 0.15) is 5.82 Å². The molecule has 0 saturated heterocycles. The van der Waals surface area contributed by atoms with Crippen molar-refractivity contribution in [3.63, 3.8) is 0 Å². The number of amides is 1. The Morgan fingerprint density at radius 2 is 1.78 bits per heavy atom. The number of carbonyl (C=O) groups excluding carboxylic acids is 1. The fraction of sp³-hybridized carbons (Fsp3) is 0.389. The Balaban J connectivity index is 2.63. The number of hydrogen-bond acceptors (Lipinski definition) is 4. The number of hydrogen-bond donors (Lipinski definition) is 2. The number of unbranched alkanes of at least 4 members (excludes halogenated alkanes) is 1. The number of aromatic nitrogens is 2. The van der Waals surface area contributed by atoms with Gasteiger partial charge in [0.2, 0.25) is 0 Å². The molecule has 2 aromatic rings. The molecule has 0 saturated carbocycles. The minimum Gasteiger partial charge on any atom is -0.383 e. The van der Waals surface area contributed by atoms with Crippen molar-refractivity contribution in [2.45, 2.75) is 39.7 Å². The van der Waals surface area contributed by atoms with Crippen molar-refractivity contribution in [3.05, 3.63) is 54.6 Å². The second kappa shape index (κ2) is 9.10. The Morgan fingerprint density at radius 3 is 2.33 bits per heavy atom. The molecule has 27 heavy (non-hydrogen) atoms. The predicted molar refractivity (Wildman–Crippen MR) is 109 cm³/mol. The molecule has 0 aliphatic heterocycles. The molecular formula is C18H22Cl2N4O3. The van der Waals surface area contributed by atoms with Gasteiger partial charge in [0.15, 0.2) is 5.69 Å². The number of halogens is 2. The lowest BCUT2D eigenvalue weighted by molar-refractivity contribution is 0.0986. The zero-order valence-electron chi connectivity index (χ0n) is 15.2.